The predicted molar refractivity (Wildman–Crippen MR) is 101 cm³/mol. The number of carbonyl (C=O) groups is 1. The van der Waals surface area contributed by atoms with Gasteiger partial charge in [-0.3, -0.25) is 4.79 Å². The number of fused-ring (bicyclic) bond motifs is 1. The van der Waals surface area contributed by atoms with E-state index >= 15 is 0 Å². The molecule has 0 bridgehead atoms. The van der Waals surface area contributed by atoms with Crippen molar-refractivity contribution < 1.29 is 27.1 Å². The molecule has 2 heterocycles. The lowest BCUT2D eigenvalue weighted by molar-refractivity contribution is -0.136. The van der Waals surface area contributed by atoms with E-state index in [1.54, 1.807) is 35.2 Å². The van der Waals surface area contributed by atoms with E-state index in [1.165, 1.54) is 6.07 Å². The Morgan fingerprint density at radius 3 is 2.52 bits per heavy atom. The monoisotopic (exact) mass is 404 g/mol. The number of nitrogens with two attached hydrogens (primary N) is 1. The van der Waals surface area contributed by atoms with Crippen molar-refractivity contribution >= 4 is 16.9 Å². The summed E-state index contributed by atoms with van der Waals surface area (Å²) < 4.78 is 51.4. The van der Waals surface area contributed by atoms with E-state index in [9.17, 15) is 18.0 Å². The van der Waals surface area contributed by atoms with Crippen LogP contribution in [0, 0.1) is 0 Å². The number of benzene rings is 2. The average Bonchev–Trinajstić information content (AvgIpc) is 3.15. The molecule has 0 aliphatic carbocycles. The quantitative estimate of drug-likeness (QED) is 0.715. The largest absolute Gasteiger partial charge is 0.459 e. The maximum absolute atomic E-state index is 13.6. The van der Waals surface area contributed by atoms with Gasteiger partial charge in [0.05, 0.1) is 25.3 Å². The van der Waals surface area contributed by atoms with Gasteiger partial charge in [0.1, 0.15) is 11.3 Å². The second-order valence-corrected chi connectivity index (χ2v) is 6.84. The topological polar surface area (TPSA) is 68.7 Å². The first-order valence-corrected chi connectivity index (χ1v) is 9.18. The molecule has 1 fully saturated rings. The molecule has 4 rings (SSSR count). The number of hydrogen-bond acceptors (Lipinski definition) is 4. The van der Waals surface area contributed by atoms with E-state index in [2.05, 4.69) is 0 Å². The van der Waals surface area contributed by atoms with E-state index in [-0.39, 0.29) is 23.8 Å². The number of nitrogens with zero attached hydrogens (tertiary/aromatic N) is 1. The first-order valence-electron chi connectivity index (χ1n) is 9.18. The van der Waals surface area contributed by atoms with Gasteiger partial charge in [0.2, 0.25) is 0 Å². The van der Waals surface area contributed by atoms with Crippen molar-refractivity contribution in [1.82, 2.24) is 4.90 Å². The van der Waals surface area contributed by atoms with Gasteiger partial charge in [0, 0.05) is 24.0 Å². The fourth-order valence-corrected chi connectivity index (χ4v) is 3.47. The lowest BCUT2D eigenvalue weighted by Gasteiger charge is -2.27. The van der Waals surface area contributed by atoms with Crippen molar-refractivity contribution in [2.24, 2.45) is 5.73 Å². The zero-order chi connectivity index (χ0) is 20.6. The normalized spacial score (nSPS) is 15.1. The molecule has 1 aliphatic rings. The summed E-state index contributed by atoms with van der Waals surface area (Å²) in [4.78, 5) is 14.4. The molecule has 1 saturated heterocycles. The molecule has 0 atom stereocenters. The van der Waals surface area contributed by atoms with Crippen LogP contribution in [0.3, 0.4) is 0 Å². The Morgan fingerprint density at radius 2 is 1.83 bits per heavy atom. The minimum absolute atomic E-state index is 0.00481. The van der Waals surface area contributed by atoms with Gasteiger partial charge in [-0.25, -0.2) is 0 Å². The number of rotatable bonds is 3. The highest BCUT2D eigenvalue weighted by atomic mass is 19.4. The molecule has 0 spiro atoms. The molecule has 0 unspecified atom stereocenters. The number of ether oxygens (including phenoxy) is 1. The summed E-state index contributed by atoms with van der Waals surface area (Å²) in [6, 6.07) is 10.8. The maximum Gasteiger partial charge on any atom is 0.420 e. The average molecular weight is 404 g/mol. The van der Waals surface area contributed by atoms with Crippen molar-refractivity contribution in [3.8, 4) is 11.1 Å². The fraction of sp³-hybridized carbons (Fsp3) is 0.286. The Kier molecular flexibility index (Phi) is 5.06. The minimum Gasteiger partial charge on any atom is -0.459 e. The van der Waals surface area contributed by atoms with Gasteiger partial charge < -0.3 is 19.8 Å². The second-order valence-electron chi connectivity index (χ2n) is 6.84. The zero-order valence-electron chi connectivity index (χ0n) is 15.5. The highest BCUT2D eigenvalue weighted by molar-refractivity contribution is 5.96. The summed E-state index contributed by atoms with van der Waals surface area (Å²) in [6.07, 6.45) is -4.58. The minimum atomic E-state index is -4.58. The second kappa shape index (κ2) is 7.53. The van der Waals surface area contributed by atoms with Crippen molar-refractivity contribution in [3.63, 3.8) is 0 Å². The number of alkyl halides is 3. The summed E-state index contributed by atoms with van der Waals surface area (Å²) in [5, 5.41) is 0.320. The van der Waals surface area contributed by atoms with Gasteiger partial charge in [-0.15, -0.1) is 0 Å². The summed E-state index contributed by atoms with van der Waals surface area (Å²) in [6.45, 7) is 1.93. The van der Waals surface area contributed by atoms with Crippen LogP contribution in [0.2, 0.25) is 0 Å². The molecule has 2 N–H and O–H groups in total. The van der Waals surface area contributed by atoms with Crippen molar-refractivity contribution in [2.45, 2.75) is 12.7 Å². The van der Waals surface area contributed by atoms with Crippen molar-refractivity contribution in [2.75, 3.05) is 26.3 Å². The predicted octanol–water partition coefficient (Wildman–Crippen LogP) is 4.05. The highest BCUT2D eigenvalue weighted by Crippen LogP contribution is 2.39. The Bertz CT molecular complexity index is 1050. The first kappa shape index (κ1) is 19.5. The van der Waals surface area contributed by atoms with Gasteiger partial charge in [-0.1, -0.05) is 12.1 Å². The van der Waals surface area contributed by atoms with E-state index in [4.69, 9.17) is 14.9 Å². The Balaban J connectivity index is 1.77. The smallest absolute Gasteiger partial charge is 0.420 e. The number of furan rings is 1. The van der Waals surface area contributed by atoms with E-state index in [1.807, 2.05) is 0 Å². The number of hydrogen-bond donors (Lipinski definition) is 1. The third kappa shape index (κ3) is 3.86. The van der Waals surface area contributed by atoms with Crippen LogP contribution in [-0.2, 0) is 17.5 Å². The third-order valence-corrected chi connectivity index (χ3v) is 4.92. The molecule has 1 aliphatic heterocycles. The number of morpholine rings is 1. The molecule has 0 radical (unpaired) electrons. The van der Waals surface area contributed by atoms with Crippen LogP contribution in [-0.4, -0.2) is 37.1 Å². The molecular formula is C21H19F3N2O3. The summed E-state index contributed by atoms with van der Waals surface area (Å²) in [5.41, 5.74) is 5.72. The van der Waals surface area contributed by atoms with Crippen LogP contribution < -0.4 is 5.73 Å². The Hall–Kier alpha value is -2.84. The Morgan fingerprint density at radius 1 is 1.07 bits per heavy atom. The van der Waals surface area contributed by atoms with Gasteiger partial charge in [-0.05, 0) is 41.5 Å². The van der Waals surface area contributed by atoms with Gasteiger partial charge in [0.25, 0.3) is 5.91 Å². The van der Waals surface area contributed by atoms with Crippen LogP contribution in [0.5, 0.6) is 0 Å². The lowest BCUT2D eigenvalue weighted by Crippen LogP contribution is -2.40. The number of halogens is 3. The Labute approximate surface area is 164 Å². The summed E-state index contributed by atoms with van der Waals surface area (Å²) >= 11 is 0. The summed E-state index contributed by atoms with van der Waals surface area (Å²) in [5.74, 6) is 0.111. The van der Waals surface area contributed by atoms with Crippen molar-refractivity contribution in [3.05, 3.63) is 59.4 Å². The van der Waals surface area contributed by atoms with E-state index in [0.29, 0.717) is 48.4 Å². The molecular weight excluding hydrogens is 385 g/mol. The fourth-order valence-electron chi connectivity index (χ4n) is 3.47. The van der Waals surface area contributed by atoms with Crippen LogP contribution >= 0.6 is 0 Å². The van der Waals surface area contributed by atoms with Crippen LogP contribution in [0.25, 0.3) is 22.1 Å². The molecule has 2 aromatic carbocycles. The van der Waals surface area contributed by atoms with Gasteiger partial charge in [-0.2, -0.15) is 13.2 Å². The molecule has 5 nitrogen and oxygen atoms in total. The molecule has 1 amide bonds. The lowest BCUT2D eigenvalue weighted by atomic mass is 9.98. The van der Waals surface area contributed by atoms with E-state index < -0.39 is 11.7 Å². The van der Waals surface area contributed by atoms with Crippen LogP contribution in [0.1, 0.15) is 21.7 Å². The molecule has 29 heavy (non-hydrogen) atoms. The summed E-state index contributed by atoms with van der Waals surface area (Å²) in [7, 11) is 0. The maximum atomic E-state index is 13.6. The van der Waals surface area contributed by atoms with Gasteiger partial charge >= 0.3 is 6.18 Å². The number of amides is 1. The SMILES string of the molecule is NCc1cc2cc(-c3cccc(C(=O)N4CCOCC4)c3)cc(C(F)(F)F)c2o1. The first-order chi connectivity index (χ1) is 13.9. The van der Waals surface area contributed by atoms with Gasteiger partial charge in [0.15, 0.2) is 0 Å². The van der Waals surface area contributed by atoms with Crippen LogP contribution in [0.15, 0.2) is 46.9 Å². The standard InChI is InChI=1S/C21H19F3N2O3/c22-21(23,24)18-11-15(9-16-10-17(12-25)29-19(16)18)13-2-1-3-14(8-13)20(27)26-4-6-28-7-5-26/h1-3,8-11H,4-7,12,25H2. The highest BCUT2D eigenvalue weighted by Gasteiger charge is 2.35. The molecule has 8 heteroatoms. The zero-order valence-corrected chi connectivity index (χ0v) is 15.5. The molecule has 0 saturated carbocycles. The number of carbonyl (C=O) groups excluding carboxylic acids is 1. The molecule has 1 aromatic heterocycles. The molecule has 152 valence electrons. The van der Waals surface area contributed by atoms with E-state index in [0.717, 1.165) is 6.07 Å². The third-order valence-electron chi connectivity index (χ3n) is 4.92. The van der Waals surface area contributed by atoms with Crippen molar-refractivity contribution in [1.29, 1.82) is 0 Å². The molecule has 3 aromatic rings. The van der Waals surface area contributed by atoms with Crippen LogP contribution in [0.4, 0.5) is 13.2 Å².